The summed E-state index contributed by atoms with van der Waals surface area (Å²) in [6, 6.07) is 11.1. The van der Waals surface area contributed by atoms with Crippen LogP contribution in [-0.2, 0) is 6.61 Å². The van der Waals surface area contributed by atoms with Crippen LogP contribution in [0.1, 0.15) is 11.3 Å². The average Bonchev–Trinajstić information content (AvgIpc) is 2.50. The lowest BCUT2D eigenvalue weighted by atomic mass is 10.2. The molecule has 0 radical (unpaired) electrons. The highest BCUT2D eigenvalue weighted by Gasteiger charge is 2.14. The number of hydrazone groups is 1. The molecule has 7 nitrogen and oxygen atoms in total. The first kappa shape index (κ1) is 13.6. The van der Waals surface area contributed by atoms with Crippen molar-refractivity contribution in [1.29, 1.82) is 0 Å². The SMILES string of the molecule is N/N=C(\NN)c1nccc(OCc2ccccc2)c1O. The van der Waals surface area contributed by atoms with Gasteiger partial charge in [0.15, 0.2) is 23.0 Å². The van der Waals surface area contributed by atoms with E-state index in [1.165, 1.54) is 6.20 Å². The summed E-state index contributed by atoms with van der Waals surface area (Å²) >= 11 is 0. The van der Waals surface area contributed by atoms with Crippen LogP contribution in [0.5, 0.6) is 11.5 Å². The molecule has 0 aliphatic heterocycles. The van der Waals surface area contributed by atoms with Crippen molar-refractivity contribution in [3.63, 3.8) is 0 Å². The van der Waals surface area contributed by atoms with Gasteiger partial charge in [0.2, 0.25) is 0 Å². The Morgan fingerprint density at radius 1 is 1.30 bits per heavy atom. The zero-order valence-corrected chi connectivity index (χ0v) is 10.7. The molecule has 0 amide bonds. The summed E-state index contributed by atoms with van der Waals surface area (Å²) < 4.78 is 5.55. The topological polar surface area (TPSA) is 119 Å². The number of rotatable bonds is 4. The van der Waals surface area contributed by atoms with Crippen molar-refractivity contribution in [2.24, 2.45) is 16.8 Å². The molecule has 6 N–H and O–H groups in total. The molecule has 0 bridgehead atoms. The van der Waals surface area contributed by atoms with E-state index in [9.17, 15) is 5.11 Å². The van der Waals surface area contributed by atoms with E-state index >= 15 is 0 Å². The van der Waals surface area contributed by atoms with Crippen LogP contribution < -0.4 is 21.8 Å². The molecule has 7 heteroatoms. The Bertz CT molecular complexity index is 601. The van der Waals surface area contributed by atoms with E-state index < -0.39 is 0 Å². The lowest BCUT2D eigenvalue weighted by Crippen LogP contribution is -2.32. The Kier molecular flexibility index (Phi) is 4.35. The van der Waals surface area contributed by atoms with Gasteiger partial charge in [-0.25, -0.2) is 10.8 Å². The summed E-state index contributed by atoms with van der Waals surface area (Å²) in [5.74, 6) is 10.6. The van der Waals surface area contributed by atoms with Crippen LogP contribution in [-0.4, -0.2) is 15.9 Å². The van der Waals surface area contributed by atoms with Crippen LogP contribution in [0.25, 0.3) is 0 Å². The summed E-state index contributed by atoms with van der Waals surface area (Å²) in [7, 11) is 0. The normalized spacial score (nSPS) is 11.2. The molecule has 0 spiro atoms. The third-order valence-electron chi connectivity index (χ3n) is 2.61. The van der Waals surface area contributed by atoms with Gasteiger partial charge in [-0.15, -0.1) is 0 Å². The van der Waals surface area contributed by atoms with Gasteiger partial charge >= 0.3 is 0 Å². The number of hydrazine groups is 1. The van der Waals surface area contributed by atoms with E-state index in [2.05, 4.69) is 15.5 Å². The molecule has 0 aliphatic carbocycles. The fraction of sp³-hybridized carbons (Fsp3) is 0.0769. The molecule has 1 aromatic heterocycles. The first-order valence-electron chi connectivity index (χ1n) is 5.85. The van der Waals surface area contributed by atoms with Gasteiger partial charge in [0.25, 0.3) is 0 Å². The van der Waals surface area contributed by atoms with Crippen molar-refractivity contribution < 1.29 is 9.84 Å². The van der Waals surface area contributed by atoms with Crippen LogP contribution in [0, 0.1) is 0 Å². The molecule has 0 atom stereocenters. The van der Waals surface area contributed by atoms with E-state index in [-0.39, 0.29) is 23.0 Å². The van der Waals surface area contributed by atoms with Crippen LogP contribution in [0.3, 0.4) is 0 Å². The fourth-order valence-electron chi connectivity index (χ4n) is 1.63. The van der Waals surface area contributed by atoms with Crippen molar-refractivity contribution in [3.8, 4) is 11.5 Å². The lowest BCUT2D eigenvalue weighted by Gasteiger charge is -2.11. The quantitative estimate of drug-likeness (QED) is 0.278. The van der Waals surface area contributed by atoms with Gasteiger partial charge in [-0.3, -0.25) is 0 Å². The molecule has 1 aromatic carbocycles. The first-order chi connectivity index (χ1) is 9.76. The molecular weight excluding hydrogens is 258 g/mol. The number of nitrogens with zero attached hydrogens (tertiary/aromatic N) is 2. The van der Waals surface area contributed by atoms with Crippen LogP contribution in [0.2, 0.25) is 0 Å². The Hall–Kier alpha value is -2.80. The third kappa shape index (κ3) is 2.96. The molecule has 2 rings (SSSR count). The van der Waals surface area contributed by atoms with Crippen molar-refractivity contribution in [3.05, 3.63) is 53.9 Å². The Morgan fingerprint density at radius 3 is 2.70 bits per heavy atom. The standard InChI is InChI=1S/C13H15N5O2/c14-17-13(18-15)11-12(19)10(6-7-16-11)20-8-9-4-2-1-3-5-9/h1-7,19H,8,14-15H2,(H,17,18). The Morgan fingerprint density at radius 2 is 2.05 bits per heavy atom. The van der Waals surface area contributed by atoms with Crippen molar-refractivity contribution in [2.75, 3.05) is 0 Å². The van der Waals surface area contributed by atoms with Gasteiger partial charge in [-0.1, -0.05) is 30.3 Å². The van der Waals surface area contributed by atoms with E-state index in [1.54, 1.807) is 6.07 Å². The molecule has 104 valence electrons. The molecule has 2 aromatic rings. The molecule has 0 saturated carbocycles. The van der Waals surface area contributed by atoms with E-state index in [0.29, 0.717) is 6.61 Å². The molecule has 0 unspecified atom stereocenters. The minimum Gasteiger partial charge on any atom is -0.503 e. The number of aromatic nitrogens is 1. The average molecular weight is 273 g/mol. The number of nitrogens with one attached hydrogen (secondary N) is 1. The smallest absolute Gasteiger partial charge is 0.189 e. The predicted octanol–water partition coefficient (Wildman–Crippen LogP) is 0.450. The highest BCUT2D eigenvalue weighted by Crippen LogP contribution is 2.28. The van der Waals surface area contributed by atoms with Gasteiger partial charge < -0.3 is 21.1 Å². The predicted molar refractivity (Wildman–Crippen MR) is 74.7 cm³/mol. The van der Waals surface area contributed by atoms with Gasteiger partial charge in [0.05, 0.1) is 0 Å². The second-order valence-corrected chi connectivity index (χ2v) is 3.90. The zero-order chi connectivity index (χ0) is 14.4. The molecule has 1 heterocycles. The summed E-state index contributed by atoms with van der Waals surface area (Å²) in [6.45, 7) is 0.322. The number of hydrogen-bond donors (Lipinski definition) is 4. The van der Waals surface area contributed by atoms with Gasteiger partial charge in [-0.05, 0) is 5.56 Å². The van der Waals surface area contributed by atoms with E-state index in [1.807, 2.05) is 30.3 Å². The molecular formula is C13H15N5O2. The first-order valence-corrected chi connectivity index (χ1v) is 5.85. The minimum atomic E-state index is -0.175. The number of hydrogen-bond acceptors (Lipinski definition) is 6. The summed E-state index contributed by atoms with van der Waals surface area (Å²) in [6.07, 6.45) is 1.47. The van der Waals surface area contributed by atoms with Crippen molar-refractivity contribution in [2.45, 2.75) is 6.61 Å². The maximum atomic E-state index is 10.1. The Balaban J connectivity index is 2.19. The molecule has 20 heavy (non-hydrogen) atoms. The number of amidine groups is 1. The highest BCUT2D eigenvalue weighted by molar-refractivity contribution is 5.99. The summed E-state index contributed by atoms with van der Waals surface area (Å²) in [5, 5.41) is 13.5. The fourth-order valence-corrected chi connectivity index (χ4v) is 1.63. The summed E-state index contributed by atoms with van der Waals surface area (Å²) in [4.78, 5) is 3.95. The van der Waals surface area contributed by atoms with Gasteiger partial charge in [0.1, 0.15) is 6.61 Å². The number of benzene rings is 1. The molecule has 0 fully saturated rings. The second kappa shape index (κ2) is 6.39. The monoisotopic (exact) mass is 273 g/mol. The Labute approximate surface area is 115 Å². The van der Waals surface area contributed by atoms with Crippen LogP contribution in [0.4, 0.5) is 0 Å². The lowest BCUT2D eigenvalue weighted by molar-refractivity contribution is 0.288. The molecule has 0 aliphatic rings. The van der Waals surface area contributed by atoms with Gasteiger partial charge in [0, 0.05) is 12.3 Å². The number of nitrogens with two attached hydrogens (primary N) is 2. The minimum absolute atomic E-state index is 0.0626. The third-order valence-corrected chi connectivity index (χ3v) is 2.61. The zero-order valence-electron chi connectivity index (χ0n) is 10.7. The van der Waals surface area contributed by atoms with E-state index in [4.69, 9.17) is 16.4 Å². The van der Waals surface area contributed by atoms with Crippen LogP contribution in [0.15, 0.2) is 47.7 Å². The number of aromatic hydroxyl groups is 1. The maximum absolute atomic E-state index is 10.1. The number of ether oxygens (including phenoxy) is 1. The van der Waals surface area contributed by atoms with Crippen molar-refractivity contribution >= 4 is 5.84 Å². The maximum Gasteiger partial charge on any atom is 0.189 e. The summed E-state index contributed by atoms with van der Waals surface area (Å²) in [5.41, 5.74) is 3.36. The van der Waals surface area contributed by atoms with Crippen molar-refractivity contribution in [1.82, 2.24) is 10.4 Å². The van der Waals surface area contributed by atoms with E-state index in [0.717, 1.165) is 5.56 Å². The highest BCUT2D eigenvalue weighted by atomic mass is 16.5. The second-order valence-electron chi connectivity index (χ2n) is 3.90. The largest absolute Gasteiger partial charge is 0.503 e. The molecule has 0 saturated heterocycles. The van der Waals surface area contributed by atoms with Gasteiger partial charge in [-0.2, -0.15) is 5.10 Å². The van der Waals surface area contributed by atoms with Crippen LogP contribution >= 0.6 is 0 Å². The number of pyridine rings is 1.